The second kappa shape index (κ2) is 5.47. The van der Waals surface area contributed by atoms with Crippen LogP contribution in [-0.2, 0) is 4.74 Å². The summed E-state index contributed by atoms with van der Waals surface area (Å²) in [6.07, 6.45) is 0. The minimum atomic E-state index is -0.568. The molecule has 104 valence electrons. The van der Waals surface area contributed by atoms with E-state index in [2.05, 4.69) is 10.3 Å². The number of ether oxygens (including phenoxy) is 1. The van der Waals surface area contributed by atoms with Crippen LogP contribution in [-0.4, -0.2) is 32.5 Å². The van der Waals surface area contributed by atoms with Crippen LogP contribution in [0.2, 0.25) is 0 Å². The molecule has 0 aliphatic heterocycles. The maximum absolute atomic E-state index is 11.6. The number of benzene rings is 1. The van der Waals surface area contributed by atoms with Gasteiger partial charge in [-0.15, -0.1) is 5.10 Å². The molecule has 0 saturated heterocycles. The van der Waals surface area contributed by atoms with Crippen molar-refractivity contribution in [1.29, 1.82) is 0 Å². The minimum Gasteiger partial charge on any atom is -0.461 e. The molecule has 0 fully saturated rings. The van der Waals surface area contributed by atoms with Crippen LogP contribution in [0.25, 0.3) is 5.69 Å². The molecule has 0 aliphatic carbocycles. The summed E-state index contributed by atoms with van der Waals surface area (Å²) in [5, 5.41) is 18.3. The highest BCUT2D eigenvalue weighted by Gasteiger charge is 2.19. The fourth-order valence-electron chi connectivity index (χ4n) is 1.70. The predicted molar refractivity (Wildman–Crippen MR) is 68.7 cm³/mol. The molecule has 1 aromatic heterocycles. The lowest BCUT2D eigenvalue weighted by molar-refractivity contribution is -0.384. The Bertz CT molecular complexity index is 665. The summed E-state index contributed by atoms with van der Waals surface area (Å²) in [4.78, 5) is 21.9. The normalized spacial score (nSPS) is 10.3. The molecule has 1 heterocycles. The lowest BCUT2D eigenvalue weighted by Gasteiger charge is -2.03. The molecule has 8 nitrogen and oxygen atoms in total. The van der Waals surface area contributed by atoms with Gasteiger partial charge in [0.05, 0.1) is 22.9 Å². The molecule has 0 atom stereocenters. The minimum absolute atomic E-state index is 0.0601. The molecule has 0 spiro atoms. The van der Waals surface area contributed by atoms with E-state index in [1.54, 1.807) is 26.0 Å². The Kier molecular flexibility index (Phi) is 3.74. The Hall–Kier alpha value is -2.77. The maximum Gasteiger partial charge on any atom is 0.360 e. The number of carbonyl (C=O) groups excluding carboxylic acids is 1. The van der Waals surface area contributed by atoms with Crippen LogP contribution in [0.5, 0.6) is 0 Å². The van der Waals surface area contributed by atoms with Gasteiger partial charge in [0.1, 0.15) is 0 Å². The largest absolute Gasteiger partial charge is 0.461 e. The molecular weight excluding hydrogens is 264 g/mol. The monoisotopic (exact) mass is 276 g/mol. The standard InChI is InChI=1S/C12H12N4O4/c1-3-20-12(17)11-8(2)15(14-13-11)9-5-4-6-10(7-9)16(18)19/h4-7H,3H2,1-2H3. The second-order valence-electron chi connectivity index (χ2n) is 3.93. The number of hydrogen-bond donors (Lipinski definition) is 0. The van der Waals surface area contributed by atoms with Crippen LogP contribution in [0, 0.1) is 17.0 Å². The van der Waals surface area contributed by atoms with Gasteiger partial charge in [0.25, 0.3) is 5.69 Å². The molecule has 20 heavy (non-hydrogen) atoms. The third kappa shape index (κ3) is 2.48. The SMILES string of the molecule is CCOC(=O)c1nnn(-c2cccc([N+](=O)[O-])c2)c1C. The molecule has 0 amide bonds. The highest BCUT2D eigenvalue weighted by Crippen LogP contribution is 2.18. The van der Waals surface area contributed by atoms with Gasteiger partial charge < -0.3 is 4.74 Å². The van der Waals surface area contributed by atoms with Crippen LogP contribution in [0.15, 0.2) is 24.3 Å². The van der Waals surface area contributed by atoms with E-state index in [9.17, 15) is 14.9 Å². The van der Waals surface area contributed by atoms with E-state index in [1.165, 1.54) is 16.8 Å². The van der Waals surface area contributed by atoms with E-state index in [1.807, 2.05) is 0 Å². The van der Waals surface area contributed by atoms with Crippen LogP contribution in [0.4, 0.5) is 5.69 Å². The first-order valence-electron chi connectivity index (χ1n) is 5.88. The van der Waals surface area contributed by atoms with Crippen LogP contribution >= 0.6 is 0 Å². The van der Waals surface area contributed by atoms with E-state index in [-0.39, 0.29) is 18.0 Å². The Labute approximate surface area is 114 Å². The maximum atomic E-state index is 11.6. The van der Waals surface area contributed by atoms with Gasteiger partial charge >= 0.3 is 5.97 Å². The van der Waals surface area contributed by atoms with Gasteiger partial charge in [0.2, 0.25) is 0 Å². The zero-order valence-corrected chi connectivity index (χ0v) is 10.9. The number of rotatable bonds is 4. The van der Waals surface area contributed by atoms with Gasteiger partial charge in [0.15, 0.2) is 5.69 Å². The van der Waals surface area contributed by atoms with Crippen molar-refractivity contribution in [1.82, 2.24) is 15.0 Å². The van der Waals surface area contributed by atoms with Crippen LogP contribution in [0.3, 0.4) is 0 Å². The van der Waals surface area contributed by atoms with Gasteiger partial charge in [-0.3, -0.25) is 10.1 Å². The van der Waals surface area contributed by atoms with Crippen molar-refractivity contribution in [3.05, 3.63) is 45.8 Å². The third-order valence-corrected chi connectivity index (χ3v) is 2.65. The Morgan fingerprint density at radius 1 is 1.50 bits per heavy atom. The lowest BCUT2D eigenvalue weighted by Crippen LogP contribution is -2.07. The summed E-state index contributed by atoms with van der Waals surface area (Å²) in [5.74, 6) is -0.568. The second-order valence-corrected chi connectivity index (χ2v) is 3.93. The number of esters is 1. The number of aromatic nitrogens is 3. The summed E-state index contributed by atoms with van der Waals surface area (Å²) >= 11 is 0. The molecule has 0 unspecified atom stereocenters. The van der Waals surface area contributed by atoms with E-state index in [0.29, 0.717) is 11.4 Å². The number of nitro groups is 1. The third-order valence-electron chi connectivity index (χ3n) is 2.65. The number of hydrogen-bond acceptors (Lipinski definition) is 6. The van der Waals surface area contributed by atoms with Crippen molar-refractivity contribution < 1.29 is 14.5 Å². The summed E-state index contributed by atoms with van der Waals surface area (Å²) in [5.41, 5.74) is 0.956. The summed E-state index contributed by atoms with van der Waals surface area (Å²) < 4.78 is 6.22. The van der Waals surface area contributed by atoms with Crippen molar-refractivity contribution in [3.8, 4) is 5.69 Å². The average molecular weight is 276 g/mol. The Morgan fingerprint density at radius 3 is 2.90 bits per heavy atom. The van der Waals surface area contributed by atoms with E-state index < -0.39 is 10.9 Å². The number of nitro benzene ring substituents is 1. The van der Waals surface area contributed by atoms with Crippen LogP contribution in [0.1, 0.15) is 23.1 Å². The molecule has 0 N–H and O–H groups in total. The van der Waals surface area contributed by atoms with Gasteiger partial charge in [-0.05, 0) is 19.9 Å². The molecule has 0 radical (unpaired) electrons. The summed E-state index contributed by atoms with van der Waals surface area (Å²) in [6.45, 7) is 3.57. The average Bonchev–Trinajstić information content (AvgIpc) is 2.81. The highest BCUT2D eigenvalue weighted by atomic mass is 16.6. The summed E-state index contributed by atoms with van der Waals surface area (Å²) in [6, 6.07) is 5.92. The number of carbonyl (C=O) groups is 1. The Morgan fingerprint density at radius 2 is 2.25 bits per heavy atom. The van der Waals surface area contributed by atoms with Crippen molar-refractivity contribution in [2.45, 2.75) is 13.8 Å². The smallest absolute Gasteiger partial charge is 0.360 e. The quantitative estimate of drug-likeness (QED) is 0.478. The molecule has 1 aromatic carbocycles. The van der Waals surface area contributed by atoms with Gasteiger partial charge in [-0.1, -0.05) is 11.3 Å². The lowest BCUT2D eigenvalue weighted by atomic mass is 10.2. The molecule has 0 bridgehead atoms. The molecule has 2 aromatic rings. The molecule has 0 saturated carbocycles. The fraction of sp³-hybridized carbons (Fsp3) is 0.250. The van der Waals surface area contributed by atoms with E-state index in [0.717, 1.165) is 0 Å². The first-order valence-corrected chi connectivity index (χ1v) is 5.88. The molecule has 2 rings (SSSR count). The highest BCUT2D eigenvalue weighted by molar-refractivity contribution is 5.88. The molecule has 0 aliphatic rings. The first kappa shape index (κ1) is 13.7. The van der Waals surface area contributed by atoms with Crippen molar-refractivity contribution in [3.63, 3.8) is 0 Å². The number of nitrogens with zero attached hydrogens (tertiary/aromatic N) is 4. The van der Waals surface area contributed by atoms with Gasteiger partial charge in [-0.25, -0.2) is 9.48 Å². The predicted octanol–water partition coefficient (Wildman–Crippen LogP) is 1.66. The zero-order chi connectivity index (χ0) is 14.7. The van der Waals surface area contributed by atoms with Gasteiger partial charge in [-0.2, -0.15) is 0 Å². The van der Waals surface area contributed by atoms with Crippen LogP contribution < -0.4 is 0 Å². The zero-order valence-electron chi connectivity index (χ0n) is 10.9. The Balaban J connectivity index is 2.42. The van der Waals surface area contributed by atoms with Crippen molar-refractivity contribution >= 4 is 11.7 Å². The van der Waals surface area contributed by atoms with E-state index in [4.69, 9.17) is 4.74 Å². The van der Waals surface area contributed by atoms with E-state index >= 15 is 0 Å². The fourth-order valence-corrected chi connectivity index (χ4v) is 1.70. The topological polar surface area (TPSA) is 100 Å². The molecule has 8 heteroatoms. The van der Waals surface area contributed by atoms with Crippen molar-refractivity contribution in [2.75, 3.05) is 6.61 Å². The molecular formula is C12H12N4O4. The summed E-state index contributed by atoms with van der Waals surface area (Å²) in [7, 11) is 0. The van der Waals surface area contributed by atoms with Crippen molar-refractivity contribution in [2.24, 2.45) is 0 Å². The first-order chi connectivity index (χ1) is 9.54. The van der Waals surface area contributed by atoms with Gasteiger partial charge in [0, 0.05) is 12.1 Å². The number of non-ortho nitro benzene ring substituents is 1.